The van der Waals surface area contributed by atoms with Crippen molar-refractivity contribution in [3.63, 3.8) is 0 Å². The molecule has 0 spiro atoms. The van der Waals surface area contributed by atoms with Crippen molar-refractivity contribution < 1.29 is 27.5 Å². The molecule has 0 aromatic carbocycles. The van der Waals surface area contributed by atoms with Crippen molar-refractivity contribution in [2.45, 2.75) is 31.5 Å². The summed E-state index contributed by atoms with van der Waals surface area (Å²) in [7, 11) is 2.97. The average molecular weight is 494 g/mol. The first-order chi connectivity index (χ1) is 16.7. The summed E-state index contributed by atoms with van der Waals surface area (Å²) >= 11 is 0. The summed E-state index contributed by atoms with van der Waals surface area (Å²) in [6.07, 6.45) is -2.01. The van der Waals surface area contributed by atoms with E-state index in [1.165, 1.54) is 30.2 Å². The second-order valence-corrected chi connectivity index (χ2v) is 8.24. The lowest BCUT2D eigenvalue weighted by Gasteiger charge is -2.31. The van der Waals surface area contributed by atoms with E-state index in [9.17, 15) is 22.8 Å². The number of likely N-dealkylation sites (N-methyl/N-ethyl adjacent to an activating group) is 1. The Labute approximate surface area is 198 Å². The lowest BCUT2D eigenvalue weighted by molar-refractivity contribution is -0.127. The van der Waals surface area contributed by atoms with Gasteiger partial charge in [0, 0.05) is 43.5 Å². The zero-order chi connectivity index (χ0) is 25.2. The number of aromatic amines is 1. The molecular formula is C21H25F3N8O3. The number of pyridine rings is 1. The molecule has 0 unspecified atom stereocenters. The van der Waals surface area contributed by atoms with Gasteiger partial charge in [-0.2, -0.15) is 23.4 Å². The number of halogens is 3. The fourth-order valence-corrected chi connectivity index (χ4v) is 4.11. The summed E-state index contributed by atoms with van der Waals surface area (Å²) in [5, 5.41) is 15.9. The number of likely N-dealkylation sites (tertiary alicyclic amines) is 1. The van der Waals surface area contributed by atoms with Crippen molar-refractivity contribution in [3.05, 3.63) is 29.8 Å². The summed E-state index contributed by atoms with van der Waals surface area (Å²) in [6, 6.07) is 1.27. The Morgan fingerprint density at radius 1 is 1.29 bits per heavy atom. The molecule has 11 nitrogen and oxygen atoms in total. The Morgan fingerprint density at radius 2 is 2.03 bits per heavy atom. The van der Waals surface area contributed by atoms with Crippen LogP contribution in [0.5, 0.6) is 5.75 Å². The minimum Gasteiger partial charge on any atom is -0.493 e. The van der Waals surface area contributed by atoms with Crippen LogP contribution in [-0.4, -0.2) is 87.5 Å². The number of rotatable bonds is 7. The maximum atomic E-state index is 13.5. The number of piperidine rings is 1. The van der Waals surface area contributed by atoms with Crippen LogP contribution >= 0.6 is 0 Å². The van der Waals surface area contributed by atoms with Crippen molar-refractivity contribution in [1.82, 2.24) is 40.3 Å². The van der Waals surface area contributed by atoms with Crippen LogP contribution in [0.25, 0.3) is 16.9 Å². The molecule has 3 aromatic heterocycles. The molecule has 4 heterocycles. The number of aromatic nitrogens is 5. The third-order valence-electron chi connectivity index (χ3n) is 5.88. The topological polar surface area (TPSA) is 130 Å². The van der Waals surface area contributed by atoms with Gasteiger partial charge in [-0.25, -0.2) is 9.50 Å². The number of alkyl halides is 3. The Hall–Kier alpha value is -3.68. The van der Waals surface area contributed by atoms with Crippen LogP contribution in [0.4, 0.5) is 13.2 Å². The number of nitrogens with one attached hydrogen (secondary N) is 3. The summed E-state index contributed by atoms with van der Waals surface area (Å²) < 4.78 is 47.1. The molecule has 0 bridgehead atoms. The minimum atomic E-state index is -4.57. The number of amides is 2. The van der Waals surface area contributed by atoms with Gasteiger partial charge in [0.05, 0.1) is 25.8 Å². The molecule has 1 aliphatic heterocycles. The van der Waals surface area contributed by atoms with E-state index < -0.39 is 18.5 Å². The minimum absolute atomic E-state index is 0.0245. The molecule has 1 aliphatic rings. The molecule has 1 saturated heterocycles. The van der Waals surface area contributed by atoms with Crippen LogP contribution in [0.1, 0.15) is 28.9 Å². The van der Waals surface area contributed by atoms with E-state index in [1.54, 1.807) is 7.05 Å². The predicted molar refractivity (Wildman–Crippen MR) is 118 cm³/mol. The van der Waals surface area contributed by atoms with Crippen LogP contribution in [0.3, 0.4) is 0 Å². The summed E-state index contributed by atoms with van der Waals surface area (Å²) in [6.45, 7) is 1.43. The number of carbonyl (C=O) groups is 2. The van der Waals surface area contributed by atoms with Crippen LogP contribution in [-0.2, 0) is 11.2 Å². The molecule has 0 radical (unpaired) electrons. The Kier molecular flexibility index (Phi) is 6.91. The van der Waals surface area contributed by atoms with Gasteiger partial charge in [0.1, 0.15) is 12.0 Å². The lowest BCUT2D eigenvalue weighted by atomic mass is 10.0. The molecule has 35 heavy (non-hydrogen) atoms. The first-order valence-electron chi connectivity index (χ1n) is 10.9. The van der Waals surface area contributed by atoms with Gasteiger partial charge >= 0.3 is 6.18 Å². The zero-order valence-corrected chi connectivity index (χ0v) is 19.1. The van der Waals surface area contributed by atoms with Crippen molar-refractivity contribution in [3.8, 4) is 17.0 Å². The van der Waals surface area contributed by atoms with E-state index in [1.807, 2.05) is 4.90 Å². The average Bonchev–Trinajstić information content (AvgIpc) is 3.45. The molecule has 0 atom stereocenters. The summed E-state index contributed by atoms with van der Waals surface area (Å²) in [5.41, 5.74) is 0.140. The third-order valence-corrected chi connectivity index (χ3v) is 5.88. The smallest absolute Gasteiger partial charge is 0.393 e. The van der Waals surface area contributed by atoms with Crippen LogP contribution in [0.2, 0.25) is 0 Å². The van der Waals surface area contributed by atoms with E-state index in [-0.39, 0.29) is 41.0 Å². The van der Waals surface area contributed by atoms with Crippen LogP contribution < -0.4 is 15.4 Å². The maximum absolute atomic E-state index is 13.5. The van der Waals surface area contributed by atoms with Crippen molar-refractivity contribution in [2.75, 3.05) is 33.8 Å². The summed E-state index contributed by atoms with van der Waals surface area (Å²) in [4.78, 5) is 30.6. The van der Waals surface area contributed by atoms with E-state index in [4.69, 9.17) is 4.74 Å². The standard InChI is InChI=1S/C21H25F3N8O3/c1-25-16(33)10-31-5-3-13(4-6-31)28-20(34)18-14(8-21(22,23)24)17(29-30-18)12-7-15(35-2)19-26-11-27-32(19)9-12/h7,9,11,13H,3-6,8,10H2,1-2H3,(H,25,33)(H,28,34)(H,29,30). The second-order valence-electron chi connectivity index (χ2n) is 8.24. The number of hydrogen-bond acceptors (Lipinski definition) is 7. The van der Waals surface area contributed by atoms with E-state index in [2.05, 4.69) is 30.9 Å². The molecule has 0 aliphatic carbocycles. The molecule has 3 aromatic rings. The normalized spacial score (nSPS) is 15.3. The number of fused-ring (bicyclic) bond motifs is 1. The van der Waals surface area contributed by atoms with Gasteiger partial charge in [-0.05, 0) is 18.9 Å². The number of carbonyl (C=O) groups excluding carboxylic acids is 2. The molecule has 0 saturated carbocycles. The highest BCUT2D eigenvalue weighted by Crippen LogP contribution is 2.33. The van der Waals surface area contributed by atoms with Gasteiger partial charge in [-0.3, -0.25) is 19.6 Å². The zero-order valence-electron chi connectivity index (χ0n) is 19.1. The van der Waals surface area contributed by atoms with Crippen LogP contribution in [0, 0.1) is 0 Å². The molecule has 1 fully saturated rings. The monoisotopic (exact) mass is 494 g/mol. The highest BCUT2D eigenvalue weighted by molar-refractivity contribution is 5.95. The molecular weight excluding hydrogens is 469 g/mol. The molecule has 2 amide bonds. The fraction of sp³-hybridized carbons (Fsp3) is 0.476. The van der Waals surface area contributed by atoms with Crippen LogP contribution in [0.15, 0.2) is 18.6 Å². The van der Waals surface area contributed by atoms with Crippen molar-refractivity contribution >= 4 is 17.5 Å². The summed E-state index contributed by atoms with van der Waals surface area (Å²) in [5.74, 6) is -0.466. The maximum Gasteiger partial charge on any atom is 0.393 e. The number of methoxy groups -OCH3 is 1. The number of ether oxygens (including phenoxy) is 1. The van der Waals surface area contributed by atoms with Crippen molar-refractivity contribution in [1.29, 1.82) is 0 Å². The predicted octanol–water partition coefficient (Wildman–Crippen LogP) is 1.17. The highest BCUT2D eigenvalue weighted by atomic mass is 19.4. The highest BCUT2D eigenvalue weighted by Gasteiger charge is 2.34. The van der Waals surface area contributed by atoms with Gasteiger partial charge < -0.3 is 15.4 Å². The Morgan fingerprint density at radius 3 is 2.69 bits per heavy atom. The Bertz CT molecular complexity index is 1210. The Balaban J connectivity index is 1.57. The van der Waals surface area contributed by atoms with Gasteiger partial charge in [-0.15, -0.1) is 0 Å². The first kappa shape index (κ1) is 24.4. The van der Waals surface area contributed by atoms with E-state index in [0.29, 0.717) is 37.3 Å². The molecule has 3 N–H and O–H groups in total. The molecule has 14 heteroatoms. The largest absolute Gasteiger partial charge is 0.493 e. The SMILES string of the molecule is CNC(=O)CN1CCC(NC(=O)c2[nH]nc(-c3cc(OC)c4ncnn4c3)c2CC(F)(F)F)CC1. The second kappa shape index (κ2) is 9.90. The van der Waals surface area contributed by atoms with Gasteiger partial charge in [0.15, 0.2) is 11.4 Å². The fourth-order valence-electron chi connectivity index (χ4n) is 4.11. The quantitative estimate of drug-likeness (QED) is 0.450. The first-order valence-corrected chi connectivity index (χ1v) is 10.9. The number of H-pyrrole nitrogens is 1. The number of hydrogen-bond donors (Lipinski definition) is 3. The van der Waals surface area contributed by atoms with Gasteiger partial charge in [0.25, 0.3) is 5.91 Å². The van der Waals surface area contributed by atoms with Crippen molar-refractivity contribution in [2.24, 2.45) is 0 Å². The molecule has 4 rings (SSSR count). The third kappa shape index (κ3) is 5.53. The number of nitrogens with zero attached hydrogens (tertiary/aromatic N) is 5. The lowest BCUT2D eigenvalue weighted by Crippen LogP contribution is -2.47. The molecule has 188 valence electrons. The van der Waals surface area contributed by atoms with E-state index >= 15 is 0 Å². The van der Waals surface area contributed by atoms with E-state index in [0.717, 1.165) is 0 Å². The van der Waals surface area contributed by atoms with Gasteiger partial charge in [0.2, 0.25) is 5.91 Å². The van der Waals surface area contributed by atoms with Gasteiger partial charge in [-0.1, -0.05) is 0 Å².